The van der Waals surface area contributed by atoms with Crippen molar-refractivity contribution < 1.29 is 96.8 Å². The summed E-state index contributed by atoms with van der Waals surface area (Å²) in [6.45, 7) is 21.2. The summed E-state index contributed by atoms with van der Waals surface area (Å²) in [5.41, 5.74) is 34.5. The van der Waals surface area contributed by atoms with Gasteiger partial charge in [-0.3, -0.25) is 0 Å². The maximum atomic E-state index is 3.66. The fourth-order valence-electron chi connectivity index (χ4n) is 14.4. The molecule has 0 aromatic heterocycles. The van der Waals surface area contributed by atoms with E-state index in [1.54, 1.807) is 0 Å². The minimum absolute atomic E-state index is 1.05. The van der Waals surface area contributed by atoms with E-state index in [2.05, 4.69) is 571 Å². The van der Waals surface area contributed by atoms with Crippen LogP contribution >= 0.6 is 0 Å². The van der Waals surface area contributed by atoms with Crippen molar-refractivity contribution >= 4 is 107 Å². The van der Waals surface area contributed by atoms with E-state index >= 15 is 0 Å². The van der Waals surface area contributed by atoms with Gasteiger partial charge in [-0.25, -0.2) is 0 Å². The number of para-hydroxylation sites is 7. The minimum atomic E-state index is 1.05. The van der Waals surface area contributed by atoms with Crippen LogP contribution in [0.2, 0.25) is 0 Å². The summed E-state index contributed by atoms with van der Waals surface area (Å²) in [4.78, 5) is 10.7. The Balaban J connectivity index is 0.000000162. The van der Waals surface area contributed by atoms with Gasteiger partial charge in [-0.15, -0.1) is 0 Å². The van der Waals surface area contributed by atoms with Crippen molar-refractivity contribution in [3.05, 3.63) is 570 Å². The van der Waals surface area contributed by atoms with Crippen molar-refractivity contribution in [1.29, 1.82) is 0 Å². The molecule has 0 atom stereocenters. The third-order valence-corrected chi connectivity index (χ3v) is 24.1. The summed E-state index contributed by atoms with van der Waals surface area (Å²) >= 11 is 7.17. The zero-order chi connectivity index (χ0) is 95.3. The number of allylic oxidation sites excluding steroid dienone is 15. The first-order valence-electron chi connectivity index (χ1n) is 44.6. The van der Waals surface area contributed by atoms with Gasteiger partial charge in [0.1, 0.15) is 0 Å². The molecule has 0 heterocycles. The van der Waals surface area contributed by atoms with Crippen molar-refractivity contribution in [3.63, 3.8) is 0 Å². The van der Waals surface area contributed by atoms with Crippen molar-refractivity contribution in [2.45, 2.75) is 69.2 Å². The monoisotopic (exact) mass is 2600 g/mol. The Bertz CT molecular complexity index is 6700. The molecule has 0 unspecified atom stereocenters. The zero-order valence-electron chi connectivity index (χ0n) is 78.0. The summed E-state index contributed by atoms with van der Waals surface area (Å²) in [5, 5.41) is 0. The Labute approximate surface area is 858 Å². The fraction of sp³-hybridized carbons (Fsp3) is 0.0800. The van der Waals surface area contributed by atoms with Crippen LogP contribution in [-0.2, 0) is 96.8 Å². The van der Waals surface area contributed by atoms with E-state index in [4.69, 9.17) is 0 Å². The molecule has 0 aliphatic heterocycles. The van der Waals surface area contributed by atoms with E-state index in [0.29, 0.717) is 0 Å². The Morgan fingerprint density at radius 3 is 0.696 bits per heavy atom. The molecule has 0 spiro atoms. The van der Waals surface area contributed by atoms with Crippen molar-refractivity contribution in [2.75, 3.05) is 24.5 Å². The molecule has 0 bridgehead atoms. The molecule has 15 aromatic carbocycles. The van der Waals surface area contributed by atoms with E-state index < -0.39 is 0 Å². The third kappa shape index (κ3) is 32.7. The summed E-state index contributed by atoms with van der Waals surface area (Å²) in [6.07, 6.45) is 39.4. The molecule has 0 saturated heterocycles. The van der Waals surface area contributed by atoms with Gasteiger partial charge in [-0.05, 0) is 0 Å². The number of hydrogen-bond donors (Lipinski definition) is 0. The average Bonchev–Trinajstić information content (AvgIpc) is 0.746. The molecular formula is C125H110N5W5-5. The number of nitrogens with zero attached hydrogens (tertiary/aromatic N) is 5. The summed E-state index contributed by atoms with van der Waals surface area (Å²) < 4.78 is 10.6. The van der Waals surface area contributed by atoms with Gasteiger partial charge in [0.25, 0.3) is 0 Å². The second-order valence-corrected chi connectivity index (χ2v) is 36.7. The fourth-order valence-corrected chi connectivity index (χ4v) is 15.8. The van der Waals surface area contributed by atoms with E-state index in [-0.39, 0.29) is 0 Å². The van der Waals surface area contributed by atoms with Gasteiger partial charge in [-0.2, -0.15) is 0 Å². The van der Waals surface area contributed by atoms with Crippen LogP contribution in [-0.4, -0.2) is 22.0 Å². The number of benzene rings is 15. The average molecular weight is 2600 g/mol. The van der Waals surface area contributed by atoms with Crippen LogP contribution < -0.4 is 24.5 Å². The number of hydrogen-bond acceptors (Lipinski definition) is 5. The molecule has 0 saturated carbocycles. The number of rotatable bonds is 30. The van der Waals surface area contributed by atoms with Crippen LogP contribution in [0.1, 0.15) is 83.5 Å². The topological polar surface area (TPSA) is 16.2 Å². The van der Waals surface area contributed by atoms with Crippen LogP contribution in [0.5, 0.6) is 0 Å². The molecule has 0 N–H and O–H groups in total. The second-order valence-electron chi connectivity index (χ2n) is 31.8. The molecule has 10 heteroatoms. The molecule has 670 valence electrons. The van der Waals surface area contributed by atoms with Crippen molar-refractivity contribution in [2.24, 2.45) is 0 Å². The summed E-state index contributed by atoms with van der Waals surface area (Å²) in [7, 11) is 0. The SMILES string of the molecule is Cc1ccc(C(=[C-]N(c2ccccc2)c2cccc(C)c2)C=C[CH]=[W])cc1.Cc1ccc(C(=[C-]N(c2ccccc2)c2ccccc2C)C=C[CH]=[W])cc1.Cc1cccc(C(=[C-]N(c2ccccc2)c2cccc(C)c2)C=C[CH]=[W])c1.Cc1cccc(C(=[C-]N(c2ccccc2)c2ccccc2C)C=C[CH]=[W])c1.Cc1cccc(N([C-]=C(C=C[CH]=[W])c2ccccc2C)c2ccccc2)c1. The van der Waals surface area contributed by atoms with Crippen LogP contribution in [0.4, 0.5) is 56.9 Å². The third-order valence-electron chi connectivity index (χ3n) is 21.3. The van der Waals surface area contributed by atoms with Gasteiger partial charge in [0.2, 0.25) is 0 Å². The normalized spacial score (nSPS) is 11.6. The van der Waals surface area contributed by atoms with Crippen LogP contribution in [0.25, 0.3) is 27.9 Å². The summed E-state index contributed by atoms with van der Waals surface area (Å²) in [6, 6.07) is 137. The van der Waals surface area contributed by atoms with E-state index in [1.165, 1.54) is 158 Å². The van der Waals surface area contributed by atoms with E-state index in [0.717, 1.165) is 107 Å². The molecule has 0 aliphatic carbocycles. The standard InChI is InChI=1S/5C25H22N.5W/c1-4-10-23(22-13-8-11-20(2)17-22)19-26(24-14-6-5-7-15-24)25-16-9-12-21(3)18-25;1-4-11-23(22-14-10-12-20(2)18-22)19-26(24-15-6-5-7-16-24)25-17-9-8-13-21(25)3;1-4-11-22(25-17-9-8-13-21(25)3)19-26(23-14-6-5-7-15-23)24-16-10-12-20(2)18-24;1-4-10-23(22-17-15-20(2)16-18-22)19-26(24-12-6-5-7-13-24)25-14-9-8-11-21(25)3;1-4-9-23(22-16-14-20(2)15-17-22)19-26(24-11-6-5-7-12-24)25-13-8-10-21(3)18-25;;;;;/h5*1,4-18H,2-3H3;;;;;/q5*-1;;;;;. The summed E-state index contributed by atoms with van der Waals surface area (Å²) in [5.74, 6) is 0. The van der Waals surface area contributed by atoms with Gasteiger partial charge in [0, 0.05) is 0 Å². The van der Waals surface area contributed by atoms with Gasteiger partial charge in [0.15, 0.2) is 0 Å². The molecule has 0 aliphatic rings. The zero-order valence-corrected chi connectivity index (χ0v) is 92.6. The van der Waals surface area contributed by atoms with Gasteiger partial charge in [-0.1, -0.05) is 0 Å². The molecule has 0 radical (unpaired) electrons. The molecule has 0 amide bonds. The molecule has 135 heavy (non-hydrogen) atoms. The molecule has 15 aromatic rings. The second kappa shape index (κ2) is 56.0. The maximum absolute atomic E-state index is 3.66. The van der Waals surface area contributed by atoms with E-state index in [9.17, 15) is 0 Å². The number of anilines is 10. The Morgan fingerprint density at radius 1 is 0.185 bits per heavy atom. The van der Waals surface area contributed by atoms with Crippen molar-refractivity contribution in [3.8, 4) is 0 Å². The van der Waals surface area contributed by atoms with Crippen molar-refractivity contribution in [1.82, 2.24) is 0 Å². The predicted octanol–water partition coefficient (Wildman–Crippen LogP) is 31.0. The van der Waals surface area contributed by atoms with Gasteiger partial charge < -0.3 is 0 Å². The van der Waals surface area contributed by atoms with Crippen LogP contribution in [0.3, 0.4) is 0 Å². The first kappa shape index (κ1) is 103. The van der Waals surface area contributed by atoms with Crippen LogP contribution in [0.15, 0.2) is 455 Å². The van der Waals surface area contributed by atoms with Gasteiger partial charge in [0.05, 0.1) is 0 Å². The molecule has 0 fully saturated rings. The molecular weight excluding hydrogens is 2490 g/mol. The predicted molar refractivity (Wildman–Crippen MR) is 564 cm³/mol. The number of aryl methyl sites for hydroxylation is 10. The molecule has 15 rings (SSSR count). The Hall–Kier alpha value is -12.5. The quantitative estimate of drug-likeness (QED) is 0.0253. The van der Waals surface area contributed by atoms with Crippen LogP contribution in [0, 0.1) is 100 Å². The van der Waals surface area contributed by atoms with E-state index in [1.807, 2.05) is 30.3 Å². The molecule has 5 nitrogen and oxygen atoms in total. The van der Waals surface area contributed by atoms with Gasteiger partial charge >= 0.3 is 867 Å². The Kier molecular flexibility index (Phi) is 42.7. The first-order chi connectivity index (χ1) is 65.9. The Morgan fingerprint density at radius 2 is 0.415 bits per heavy atom. The first-order valence-corrected chi connectivity index (χ1v) is 53.1.